The van der Waals surface area contributed by atoms with Crippen LogP contribution in [0.15, 0.2) is 47.3 Å². The van der Waals surface area contributed by atoms with Crippen molar-refractivity contribution >= 4 is 44.2 Å². The fraction of sp³-hybridized carbons (Fsp3) is 0.308. The maximum absolute atomic E-state index is 11.7. The van der Waals surface area contributed by atoms with Crippen LogP contribution in [-0.2, 0) is 16.1 Å². The monoisotopic (exact) mass is 502 g/mol. The SMILES string of the molecule is COCc1nc2cccc(-c3cc4c(-c5cnn(C6CCN(C(C)=O)CC6)c5)cnc(N)c4o3)c2s1. The maximum Gasteiger partial charge on any atom is 0.219 e. The molecule has 0 aliphatic carbocycles. The van der Waals surface area contributed by atoms with Crippen molar-refractivity contribution in [2.24, 2.45) is 0 Å². The Morgan fingerprint density at radius 3 is 2.86 bits per heavy atom. The molecule has 4 aromatic heterocycles. The quantitative estimate of drug-likeness (QED) is 0.364. The van der Waals surface area contributed by atoms with Gasteiger partial charge in [-0.1, -0.05) is 6.07 Å². The van der Waals surface area contributed by atoms with Gasteiger partial charge in [-0.25, -0.2) is 9.97 Å². The summed E-state index contributed by atoms with van der Waals surface area (Å²) in [5.41, 5.74) is 10.5. The highest BCUT2D eigenvalue weighted by atomic mass is 32.1. The molecule has 0 spiro atoms. The van der Waals surface area contributed by atoms with E-state index in [1.54, 1.807) is 31.6 Å². The van der Waals surface area contributed by atoms with Crippen LogP contribution in [0.25, 0.3) is 43.6 Å². The van der Waals surface area contributed by atoms with E-state index in [1.807, 2.05) is 46.2 Å². The van der Waals surface area contributed by atoms with Gasteiger partial charge in [0.1, 0.15) is 10.8 Å². The maximum atomic E-state index is 11.7. The summed E-state index contributed by atoms with van der Waals surface area (Å²) in [4.78, 5) is 22.6. The van der Waals surface area contributed by atoms with Crippen LogP contribution in [0.1, 0.15) is 30.8 Å². The van der Waals surface area contributed by atoms with Crippen LogP contribution in [-0.4, -0.2) is 50.8 Å². The first kappa shape index (κ1) is 22.7. The Kier molecular flexibility index (Phi) is 5.69. The topological polar surface area (TPSA) is 112 Å². The highest BCUT2D eigenvalue weighted by molar-refractivity contribution is 7.19. The molecule has 9 nitrogen and oxygen atoms in total. The number of piperidine rings is 1. The molecule has 6 rings (SSSR count). The van der Waals surface area contributed by atoms with Crippen molar-refractivity contribution in [3.63, 3.8) is 0 Å². The third kappa shape index (κ3) is 3.92. The minimum Gasteiger partial charge on any atom is -0.452 e. The molecule has 0 bridgehead atoms. The normalized spacial score (nSPS) is 14.8. The van der Waals surface area contributed by atoms with Gasteiger partial charge < -0.3 is 19.8 Å². The number of thiazole rings is 1. The molecular weight excluding hydrogens is 476 g/mol. The van der Waals surface area contributed by atoms with Gasteiger partial charge in [0.25, 0.3) is 0 Å². The lowest BCUT2D eigenvalue weighted by atomic mass is 10.0. The zero-order valence-corrected chi connectivity index (χ0v) is 20.9. The van der Waals surface area contributed by atoms with Gasteiger partial charge in [-0.2, -0.15) is 5.10 Å². The number of pyridine rings is 1. The third-order valence-corrected chi connectivity index (χ3v) is 7.85. The van der Waals surface area contributed by atoms with E-state index in [4.69, 9.17) is 14.9 Å². The first-order chi connectivity index (χ1) is 17.5. The van der Waals surface area contributed by atoms with Crippen molar-refractivity contribution in [1.82, 2.24) is 24.6 Å². The van der Waals surface area contributed by atoms with Crippen LogP contribution in [0.3, 0.4) is 0 Å². The fourth-order valence-corrected chi connectivity index (χ4v) is 5.96. The van der Waals surface area contributed by atoms with E-state index in [-0.39, 0.29) is 11.9 Å². The lowest BCUT2D eigenvalue weighted by Gasteiger charge is -2.31. The number of ether oxygens (including phenoxy) is 1. The second-order valence-corrected chi connectivity index (χ2v) is 10.1. The third-order valence-electron chi connectivity index (χ3n) is 6.78. The van der Waals surface area contributed by atoms with E-state index in [1.165, 1.54) is 0 Å². The summed E-state index contributed by atoms with van der Waals surface area (Å²) in [6.07, 6.45) is 7.46. The zero-order chi connectivity index (χ0) is 24.8. The predicted molar refractivity (Wildman–Crippen MR) is 139 cm³/mol. The van der Waals surface area contributed by atoms with Gasteiger partial charge in [-0.15, -0.1) is 11.3 Å². The number of anilines is 1. The lowest BCUT2D eigenvalue weighted by Crippen LogP contribution is -2.37. The number of nitrogens with two attached hydrogens (primary N) is 1. The molecule has 1 fully saturated rings. The van der Waals surface area contributed by atoms with Gasteiger partial charge in [0.15, 0.2) is 11.4 Å². The fourth-order valence-electron chi connectivity index (χ4n) is 4.90. The number of benzene rings is 1. The molecule has 0 radical (unpaired) electrons. The number of carbonyl (C=O) groups is 1. The molecule has 5 aromatic rings. The van der Waals surface area contributed by atoms with Crippen molar-refractivity contribution < 1.29 is 13.9 Å². The van der Waals surface area contributed by atoms with E-state index in [2.05, 4.69) is 15.1 Å². The second-order valence-electron chi connectivity index (χ2n) is 9.05. The number of likely N-dealkylation sites (tertiary alicyclic amines) is 1. The van der Waals surface area contributed by atoms with Crippen molar-refractivity contribution in [3.05, 3.63) is 47.9 Å². The second kappa shape index (κ2) is 9.03. The number of carbonyl (C=O) groups excluding carboxylic acids is 1. The minimum absolute atomic E-state index is 0.129. The molecule has 184 valence electrons. The molecule has 1 aliphatic heterocycles. The molecule has 1 aromatic carbocycles. The number of hydrogen-bond acceptors (Lipinski definition) is 8. The van der Waals surface area contributed by atoms with Gasteiger partial charge in [-0.3, -0.25) is 9.48 Å². The highest BCUT2D eigenvalue weighted by Crippen LogP contribution is 2.40. The largest absolute Gasteiger partial charge is 0.452 e. The Bertz CT molecular complexity index is 1580. The van der Waals surface area contributed by atoms with Crippen LogP contribution in [0.4, 0.5) is 5.82 Å². The van der Waals surface area contributed by atoms with Crippen molar-refractivity contribution in [1.29, 1.82) is 0 Å². The van der Waals surface area contributed by atoms with E-state index < -0.39 is 0 Å². The Hall–Kier alpha value is -3.76. The summed E-state index contributed by atoms with van der Waals surface area (Å²) in [6.45, 7) is 3.60. The molecule has 1 amide bonds. The molecule has 2 N–H and O–H groups in total. The van der Waals surface area contributed by atoms with E-state index in [0.29, 0.717) is 23.8 Å². The highest BCUT2D eigenvalue weighted by Gasteiger charge is 2.23. The van der Waals surface area contributed by atoms with Crippen LogP contribution in [0.5, 0.6) is 0 Å². The predicted octanol–water partition coefficient (Wildman–Crippen LogP) is 4.88. The summed E-state index contributed by atoms with van der Waals surface area (Å²) in [6, 6.07) is 8.29. The number of furan rings is 1. The van der Waals surface area contributed by atoms with E-state index in [9.17, 15) is 4.79 Å². The number of hydrogen-bond donors (Lipinski definition) is 1. The summed E-state index contributed by atoms with van der Waals surface area (Å²) in [5, 5.41) is 6.45. The summed E-state index contributed by atoms with van der Waals surface area (Å²) in [5.74, 6) is 1.19. The van der Waals surface area contributed by atoms with Crippen LogP contribution >= 0.6 is 11.3 Å². The minimum atomic E-state index is 0.129. The summed E-state index contributed by atoms with van der Waals surface area (Å²) in [7, 11) is 1.67. The van der Waals surface area contributed by atoms with Crippen molar-refractivity contribution in [3.8, 4) is 22.5 Å². The van der Waals surface area contributed by atoms with Crippen LogP contribution < -0.4 is 5.73 Å². The molecule has 0 saturated carbocycles. The molecule has 1 aliphatic rings. The number of fused-ring (bicyclic) bond motifs is 2. The molecule has 10 heteroatoms. The number of amides is 1. The Balaban J connectivity index is 1.37. The molecule has 36 heavy (non-hydrogen) atoms. The average Bonchev–Trinajstić information content (AvgIpc) is 3.63. The number of rotatable bonds is 5. The first-order valence-electron chi connectivity index (χ1n) is 11.9. The summed E-state index contributed by atoms with van der Waals surface area (Å²) < 4.78 is 14.6. The lowest BCUT2D eigenvalue weighted by molar-refractivity contribution is -0.130. The standard InChI is InChI=1S/C26H26N6O3S/c1-15(33)31-8-6-17(7-9-31)32-13-16(11-29-32)20-12-28-26(27)24-19(20)10-22(35-24)18-4-3-5-21-25(18)36-23(30-21)14-34-2/h3-5,10-13,17H,6-9,14H2,1-2H3,(H2,27,28). The molecule has 5 heterocycles. The molecule has 0 atom stereocenters. The van der Waals surface area contributed by atoms with E-state index in [0.717, 1.165) is 63.2 Å². The first-order valence-corrected chi connectivity index (χ1v) is 12.7. The number of nitrogen functional groups attached to an aromatic ring is 1. The van der Waals surface area contributed by atoms with Gasteiger partial charge in [0, 0.05) is 61.6 Å². The van der Waals surface area contributed by atoms with Crippen molar-refractivity contribution in [2.75, 3.05) is 25.9 Å². The smallest absolute Gasteiger partial charge is 0.219 e. The van der Waals surface area contributed by atoms with Crippen LogP contribution in [0.2, 0.25) is 0 Å². The van der Waals surface area contributed by atoms with Gasteiger partial charge in [0.2, 0.25) is 5.91 Å². The molecule has 1 saturated heterocycles. The zero-order valence-electron chi connectivity index (χ0n) is 20.1. The number of aromatic nitrogens is 4. The Labute approximate surface area is 211 Å². The molecular formula is C26H26N6O3S. The Morgan fingerprint density at radius 1 is 1.25 bits per heavy atom. The number of methoxy groups -OCH3 is 1. The summed E-state index contributed by atoms with van der Waals surface area (Å²) >= 11 is 1.60. The van der Waals surface area contributed by atoms with E-state index >= 15 is 0 Å². The number of nitrogens with zero attached hydrogens (tertiary/aromatic N) is 5. The molecule has 0 unspecified atom stereocenters. The van der Waals surface area contributed by atoms with Gasteiger partial charge in [-0.05, 0) is 31.0 Å². The Morgan fingerprint density at radius 2 is 2.08 bits per heavy atom. The van der Waals surface area contributed by atoms with Gasteiger partial charge >= 0.3 is 0 Å². The van der Waals surface area contributed by atoms with Gasteiger partial charge in [0.05, 0.1) is 29.1 Å². The van der Waals surface area contributed by atoms with Crippen molar-refractivity contribution in [2.45, 2.75) is 32.4 Å². The average molecular weight is 503 g/mol. The van der Waals surface area contributed by atoms with Crippen LogP contribution in [0, 0.1) is 0 Å².